The summed E-state index contributed by atoms with van der Waals surface area (Å²) < 4.78 is 13.0. The zero-order valence-electron chi connectivity index (χ0n) is 14.8. The van der Waals surface area contributed by atoms with Crippen LogP contribution < -0.4 is 14.8 Å². The van der Waals surface area contributed by atoms with Gasteiger partial charge in [-0.3, -0.25) is 0 Å². The van der Waals surface area contributed by atoms with Crippen molar-refractivity contribution in [1.29, 1.82) is 0 Å². The summed E-state index contributed by atoms with van der Waals surface area (Å²) in [4.78, 5) is 8.77. The van der Waals surface area contributed by atoms with Crippen LogP contribution in [0, 0.1) is 0 Å². The molecule has 7 nitrogen and oxygen atoms in total. The number of ether oxygens (including phenoxy) is 2. The van der Waals surface area contributed by atoms with Crippen molar-refractivity contribution in [1.82, 2.24) is 19.7 Å². The minimum atomic E-state index is 0.509. The third kappa shape index (κ3) is 2.99. The molecule has 4 aromatic rings. The predicted molar refractivity (Wildman–Crippen MR) is 106 cm³/mol. The first-order valence-corrected chi connectivity index (χ1v) is 9.23. The number of aromatic nitrogens is 4. The molecule has 1 N–H and O–H groups in total. The highest BCUT2D eigenvalue weighted by Crippen LogP contribution is 2.38. The van der Waals surface area contributed by atoms with E-state index in [0.29, 0.717) is 42.1 Å². The molecule has 5 rings (SSSR count). The van der Waals surface area contributed by atoms with Gasteiger partial charge in [-0.25, -0.2) is 14.6 Å². The maximum absolute atomic E-state index is 6.32. The van der Waals surface area contributed by atoms with Crippen LogP contribution in [-0.2, 0) is 6.54 Å². The summed E-state index contributed by atoms with van der Waals surface area (Å²) in [6.45, 7) is 1.55. The number of fused-ring (bicyclic) bond motifs is 2. The number of hydrogen-bond acceptors (Lipinski definition) is 6. The Balaban J connectivity index is 1.43. The zero-order chi connectivity index (χ0) is 18.9. The van der Waals surface area contributed by atoms with Crippen molar-refractivity contribution in [3.05, 3.63) is 65.6 Å². The molecule has 2 aromatic carbocycles. The Morgan fingerprint density at radius 1 is 1.07 bits per heavy atom. The van der Waals surface area contributed by atoms with Gasteiger partial charge < -0.3 is 14.8 Å². The molecule has 3 heterocycles. The Hall–Kier alpha value is -3.32. The molecule has 28 heavy (non-hydrogen) atoms. The van der Waals surface area contributed by atoms with Crippen molar-refractivity contribution in [3.8, 4) is 17.2 Å². The van der Waals surface area contributed by atoms with Gasteiger partial charge in [0.1, 0.15) is 25.4 Å². The Labute approximate surface area is 165 Å². The molecule has 1 aliphatic heterocycles. The highest BCUT2D eigenvalue weighted by atomic mass is 35.5. The Morgan fingerprint density at radius 3 is 2.82 bits per heavy atom. The van der Waals surface area contributed by atoms with Crippen molar-refractivity contribution >= 4 is 28.5 Å². The van der Waals surface area contributed by atoms with E-state index < -0.39 is 0 Å². The Kier molecular flexibility index (Phi) is 4.21. The molecule has 0 saturated heterocycles. The summed E-state index contributed by atoms with van der Waals surface area (Å²) in [6.07, 6.45) is 3.30. The van der Waals surface area contributed by atoms with Gasteiger partial charge in [-0.2, -0.15) is 5.10 Å². The molecular formula is C20H16ClN5O2. The van der Waals surface area contributed by atoms with Crippen LogP contribution in [0.1, 0.15) is 5.56 Å². The van der Waals surface area contributed by atoms with E-state index in [4.69, 9.17) is 21.1 Å². The van der Waals surface area contributed by atoms with Crippen LogP contribution in [0.2, 0.25) is 5.02 Å². The molecule has 2 aromatic heterocycles. The molecular weight excluding hydrogens is 378 g/mol. The molecule has 0 unspecified atom stereocenters. The molecule has 0 bridgehead atoms. The van der Waals surface area contributed by atoms with Gasteiger partial charge in [-0.1, -0.05) is 29.8 Å². The quantitative estimate of drug-likeness (QED) is 0.567. The third-order valence-electron chi connectivity index (χ3n) is 4.48. The minimum Gasteiger partial charge on any atom is -0.486 e. The fourth-order valence-electron chi connectivity index (χ4n) is 3.20. The van der Waals surface area contributed by atoms with Crippen LogP contribution in [0.15, 0.2) is 55.0 Å². The van der Waals surface area contributed by atoms with E-state index in [-0.39, 0.29) is 0 Å². The molecule has 0 radical (unpaired) electrons. The van der Waals surface area contributed by atoms with Crippen molar-refractivity contribution in [3.63, 3.8) is 0 Å². The average molecular weight is 394 g/mol. The van der Waals surface area contributed by atoms with E-state index in [2.05, 4.69) is 20.4 Å². The fourth-order valence-corrected chi connectivity index (χ4v) is 3.48. The van der Waals surface area contributed by atoms with E-state index in [9.17, 15) is 0 Å². The maximum Gasteiger partial charge on any atom is 0.179 e. The monoisotopic (exact) mass is 393 g/mol. The number of hydrogen-bond donors (Lipinski definition) is 1. The number of halogens is 1. The first-order chi connectivity index (χ1) is 13.8. The van der Waals surface area contributed by atoms with E-state index in [1.165, 1.54) is 6.33 Å². The molecule has 0 aliphatic carbocycles. The van der Waals surface area contributed by atoms with Gasteiger partial charge >= 0.3 is 0 Å². The lowest BCUT2D eigenvalue weighted by Crippen LogP contribution is -2.16. The Bertz CT molecular complexity index is 1150. The summed E-state index contributed by atoms with van der Waals surface area (Å²) in [6, 6.07) is 13.7. The van der Waals surface area contributed by atoms with Crippen LogP contribution in [0.25, 0.3) is 16.7 Å². The first kappa shape index (κ1) is 16.8. The number of rotatable bonds is 4. The largest absolute Gasteiger partial charge is 0.486 e. The van der Waals surface area contributed by atoms with Crippen LogP contribution in [0.4, 0.5) is 5.82 Å². The molecule has 140 valence electrons. The van der Waals surface area contributed by atoms with E-state index in [1.807, 2.05) is 42.5 Å². The second-order valence-electron chi connectivity index (χ2n) is 6.31. The van der Waals surface area contributed by atoms with Gasteiger partial charge in [-0.15, -0.1) is 0 Å². The van der Waals surface area contributed by atoms with E-state index in [0.717, 1.165) is 22.3 Å². The average Bonchev–Trinajstić information content (AvgIpc) is 3.18. The molecule has 0 atom stereocenters. The molecule has 8 heteroatoms. The molecule has 0 saturated carbocycles. The number of para-hydroxylation sites is 1. The predicted octanol–water partition coefficient (Wildman–Crippen LogP) is 3.85. The van der Waals surface area contributed by atoms with Crippen molar-refractivity contribution in [2.75, 3.05) is 18.5 Å². The second kappa shape index (κ2) is 7.01. The van der Waals surface area contributed by atoms with Gasteiger partial charge in [0.25, 0.3) is 0 Å². The minimum absolute atomic E-state index is 0.509. The molecule has 1 aliphatic rings. The van der Waals surface area contributed by atoms with Crippen LogP contribution >= 0.6 is 11.6 Å². The lowest BCUT2D eigenvalue weighted by molar-refractivity contribution is 0.171. The highest BCUT2D eigenvalue weighted by molar-refractivity contribution is 6.32. The standard InChI is InChI=1S/C20H16ClN5O2/c21-16-8-13(9-17-18(16)28-7-6-27-17)10-22-19-15-11-25-26(20(15)24-12-23-19)14-4-2-1-3-5-14/h1-5,8-9,11-12H,6-7,10H2,(H,22,23,24). The summed E-state index contributed by atoms with van der Waals surface area (Å²) in [5.74, 6) is 1.98. The van der Waals surface area contributed by atoms with E-state index >= 15 is 0 Å². The summed E-state index contributed by atoms with van der Waals surface area (Å²) in [5.41, 5.74) is 2.65. The second-order valence-corrected chi connectivity index (χ2v) is 6.71. The number of nitrogens with zero attached hydrogens (tertiary/aromatic N) is 4. The van der Waals surface area contributed by atoms with Gasteiger partial charge in [-0.05, 0) is 29.8 Å². The van der Waals surface area contributed by atoms with Crippen LogP contribution in [0.3, 0.4) is 0 Å². The first-order valence-electron chi connectivity index (χ1n) is 8.85. The summed E-state index contributed by atoms with van der Waals surface area (Å²) in [7, 11) is 0. The summed E-state index contributed by atoms with van der Waals surface area (Å²) >= 11 is 6.32. The smallest absolute Gasteiger partial charge is 0.179 e. The zero-order valence-corrected chi connectivity index (χ0v) is 15.6. The van der Waals surface area contributed by atoms with Gasteiger partial charge in [0.05, 0.1) is 22.3 Å². The number of nitrogens with one attached hydrogen (secondary N) is 1. The highest BCUT2D eigenvalue weighted by Gasteiger charge is 2.17. The normalized spacial score (nSPS) is 12.9. The van der Waals surface area contributed by atoms with Gasteiger partial charge in [0.15, 0.2) is 17.1 Å². The van der Waals surface area contributed by atoms with Gasteiger partial charge in [0.2, 0.25) is 0 Å². The maximum atomic E-state index is 6.32. The SMILES string of the molecule is Clc1cc(CNc2ncnc3c2cnn3-c2ccccc2)cc2c1OCCO2. The Morgan fingerprint density at radius 2 is 1.93 bits per heavy atom. The number of anilines is 1. The number of benzene rings is 2. The van der Waals surface area contributed by atoms with Crippen LogP contribution in [0.5, 0.6) is 11.5 Å². The fraction of sp³-hybridized carbons (Fsp3) is 0.150. The van der Waals surface area contributed by atoms with Crippen molar-refractivity contribution in [2.45, 2.75) is 6.54 Å². The van der Waals surface area contributed by atoms with Gasteiger partial charge in [0, 0.05) is 6.54 Å². The van der Waals surface area contributed by atoms with Crippen LogP contribution in [-0.4, -0.2) is 33.0 Å². The van der Waals surface area contributed by atoms with E-state index in [1.54, 1.807) is 10.9 Å². The molecule has 0 amide bonds. The molecule has 0 spiro atoms. The topological polar surface area (TPSA) is 74.1 Å². The van der Waals surface area contributed by atoms with Crippen molar-refractivity contribution < 1.29 is 9.47 Å². The lowest BCUT2D eigenvalue weighted by Gasteiger charge is -2.20. The summed E-state index contributed by atoms with van der Waals surface area (Å²) in [5, 5.41) is 9.20. The lowest BCUT2D eigenvalue weighted by atomic mass is 10.2. The third-order valence-corrected chi connectivity index (χ3v) is 4.76. The van der Waals surface area contributed by atoms with Crippen molar-refractivity contribution in [2.24, 2.45) is 0 Å². The molecule has 0 fully saturated rings.